The Morgan fingerprint density at radius 2 is 1.97 bits per heavy atom. The minimum atomic E-state index is -0.550. The van der Waals surface area contributed by atoms with E-state index in [9.17, 15) is 0 Å². The molecule has 2 aliphatic heterocycles. The average Bonchev–Trinajstić information content (AvgIpc) is 3.13. The third kappa shape index (κ3) is 3.28. The smallest absolute Gasteiger partial charge is 0.283 e. The summed E-state index contributed by atoms with van der Waals surface area (Å²) in [4.78, 5) is 9.14. The summed E-state index contributed by atoms with van der Waals surface area (Å²) in [6, 6.07) is 8.39. The summed E-state index contributed by atoms with van der Waals surface area (Å²) >= 11 is 6.18. The first-order valence-corrected chi connectivity index (χ1v) is 11.5. The second-order valence-electron chi connectivity index (χ2n) is 9.15. The van der Waals surface area contributed by atoms with E-state index in [0.29, 0.717) is 17.7 Å². The number of amidine groups is 1. The van der Waals surface area contributed by atoms with E-state index in [1.54, 1.807) is 6.20 Å². The van der Waals surface area contributed by atoms with Crippen molar-refractivity contribution in [2.75, 3.05) is 6.61 Å². The van der Waals surface area contributed by atoms with E-state index in [0.717, 1.165) is 41.7 Å². The van der Waals surface area contributed by atoms with E-state index < -0.39 is 5.54 Å². The second kappa shape index (κ2) is 7.38. The van der Waals surface area contributed by atoms with Crippen LogP contribution in [0.25, 0.3) is 11.1 Å². The number of nitrogens with zero attached hydrogens (tertiary/aromatic N) is 2. The summed E-state index contributed by atoms with van der Waals surface area (Å²) in [6.07, 6.45) is 10.7. The van der Waals surface area contributed by atoms with Gasteiger partial charge in [0.25, 0.3) is 6.02 Å². The zero-order valence-electron chi connectivity index (χ0n) is 17.3. The topological polar surface area (TPSA) is 79.0 Å². The number of halogens is 1. The molecule has 2 unspecified atom stereocenters. The Morgan fingerprint density at radius 1 is 1.06 bits per heavy atom. The van der Waals surface area contributed by atoms with E-state index in [1.807, 2.05) is 18.3 Å². The van der Waals surface area contributed by atoms with Crippen LogP contribution in [0.3, 0.4) is 0 Å². The molecular weight excluding hydrogens is 414 g/mol. The summed E-state index contributed by atoms with van der Waals surface area (Å²) in [7, 11) is 0. The van der Waals surface area contributed by atoms with Gasteiger partial charge in [-0.3, -0.25) is 4.98 Å². The van der Waals surface area contributed by atoms with E-state index in [-0.39, 0.29) is 24.1 Å². The average molecular weight is 440 g/mol. The Bertz CT molecular complexity index is 1040. The normalized spacial score (nSPS) is 31.8. The van der Waals surface area contributed by atoms with Gasteiger partial charge in [0.2, 0.25) is 0 Å². The predicted octanol–water partition coefficient (Wildman–Crippen LogP) is 4.44. The maximum absolute atomic E-state index is 6.50. The number of hydrogen-bond donors (Lipinski definition) is 1. The zero-order chi connectivity index (χ0) is 21.0. The molecule has 2 fully saturated rings. The van der Waals surface area contributed by atoms with Crippen LogP contribution < -0.4 is 10.5 Å². The van der Waals surface area contributed by atoms with Crippen LogP contribution in [0.5, 0.6) is 5.75 Å². The lowest BCUT2D eigenvalue weighted by Gasteiger charge is -2.48. The number of pyridine rings is 1. The van der Waals surface area contributed by atoms with Crippen molar-refractivity contribution in [3.05, 3.63) is 47.2 Å². The molecule has 0 saturated heterocycles. The fourth-order valence-electron chi connectivity index (χ4n) is 5.51. The minimum absolute atomic E-state index is 0.0886. The van der Waals surface area contributed by atoms with Crippen molar-refractivity contribution < 1.29 is 14.2 Å². The highest BCUT2D eigenvalue weighted by atomic mass is 35.5. The van der Waals surface area contributed by atoms with E-state index in [4.69, 9.17) is 36.5 Å². The van der Waals surface area contributed by atoms with Gasteiger partial charge in [-0.25, -0.2) is 4.99 Å². The van der Waals surface area contributed by atoms with Crippen molar-refractivity contribution >= 4 is 17.6 Å². The Hall–Kier alpha value is -2.31. The first kappa shape index (κ1) is 19.4. The van der Waals surface area contributed by atoms with Crippen molar-refractivity contribution in [2.45, 2.75) is 62.4 Å². The molecule has 0 radical (unpaired) electrons. The predicted molar refractivity (Wildman–Crippen MR) is 118 cm³/mol. The summed E-state index contributed by atoms with van der Waals surface area (Å²) in [6.45, 7) is 0.434. The van der Waals surface area contributed by atoms with Gasteiger partial charge in [0.15, 0.2) is 0 Å². The molecule has 4 aliphatic rings. The van der Waals surface area contributed by atoms with Crippen LogP contribution in [0.1, 0.15) is 44.1 Å². The van der Waals surface area contributed by atoms with Gasteiger partial charge < -0.3 is 19.9 Å². The number of ether oxygens (including phenoxy) is 3. The van der Waals surface area contributed by atoms with Crippen LogP contribution in [0.15, 0.2) is 41.7 Å². The summed E-state index contributed by atoms with van der Waals surface area (Å²) < 4.78 is 18.7. The monoisotopic (exact) mass is 439 g/mol. The van der Waals surface area contributed by atoms with Crippen LogP contribution in [0.2, 0.25) is 5.02 Å². The highest BCUT2D eigenvalue weighted by molar-refractivity contribution is 6.30. The molecule has 31 heavy (non-hydrogen) atoms. The Kier molecular flexibility index (Phi) is 4.62. The molecule has 6 nitrogen and oxygen atoms in total. The Balaban J connectivity index is 1.40. The van der Waals surface area contributed by atoms with Gasteiger partial charge in [-0.1, -0.05) is 17.7 Å². The van der Waals surface area contributed by atoms with Crippen LogP contribution in [-0.2, 0) is 15.0 Å². The number of aliphatic imine (C=N–C) groups is 1. The van der Waals surface area contributed by atoms with Crippen molar-refractivity contribution in [1.82, 2.24) is 4.98 Å². The third-order valence-electron chi connectivity index (χ3n) is 7.30. The molecule has 2 saturated carbocycles. The van der Waals surface area contributed by atoms with E-state index in [1.165, 1.54) is 19.3 Å². The standard InChI is InChI=1S/C24H26ClN3O3/c25-16-8-15(11-27-12-16)14-4-6-21-19(9-14)24(13-29-23(26)28-24)20-10-18(5-7-22(20)31-21)30-17-2-1-3-17/h4,6,8-9,11-12,17-18,20,22H,1-3,5,7,10,13H2,(H2,26,28)/t18-,20-,22?,24?/m0/s1. The lowest BCUT2D eigenvalue weighted by molar-refractivity contribution is -0.106. The zero-order valence-corrected chi connectivity index (χ0v) is 18.1. The highest BCUT2D eigenvalue weighted by Crippen LogP contribution is 2.53. The molecule has 6 rings (SSSR count). The van der Waals surface area contributed by atoms with Gasteiger partial charge >= 0.3 is 0 Å². The maximum Gasteiger partial charge on any atom is 0.283 e. The van der Waals surface area contributed by atoms with Gasteiger partial charge in [0, 0.05) is 29.4 Å². The number of aromatic nitrogens is 1. The van der Waals surface area contributed by atoms with Gasteiger partial charge in [0.05, 0.1) is 17.2 Å². The van der Waals surface area contributed by atoms with Crippen molar-refractivity contribution in [1.29, 1.82) is 0 Å². The molecule has 162 valence electrons. The lowest BCUT2D eigenvalue weighted by atomic mass is 9.67. The fourth-order valence-corrected chi connectivity index (χ4v) is 5.68. The van der Waals surface area contributed by atoms with Gasteiger partial charge in [-0.2, -0.15) is 0 Å². The number of nitrogens with two attached hydrogens (primary N) is 1. The maximum atomic E-state index is 6.50. The summed E-state index contributed by atoms with van der Waals surface area (Å²) in [5.74, 6) is 1.02. The SMILES string of the molecule is NC1=NC2(CO1)c1cc(-c3cncc(Cl)c3)ccc1OC1CC[C@H](OC3CCC3)C[C@@H]12. The Morgan fingerprint density at radius 3 is 2.71 bits per heavy atom. The molecule has 1 aromatic heterocycles. The number of fused-ring (bicyclic) bond motifs is 4. The molecule has 1 spiro atoms. The molecule has 2 aromatic rings. The first-order valence-electron chi connectivity index (χ1n) is 11.2. The highest BCUT2D eigenvalue weighted by Gasteiger charge is 2.56. The van der Waals surface area contributed by atoms with E-state index in [2.05, 4.69) is 17.1 Å². The number of rotatable bonds is 3. The number of hydrogen-bond acceptors (Lipinski definition) is 6. The molecule has 0 bridgehead atoms. The minimum Gasteiger partial charge on any atom is -0.490 e. The molecule has 4 atom stereocenters. The van der Waals surface area contributed by atoms with Gasteiger partial charge in [-0.05, 0) is 62.3 Å². The van der Waals surface area contributed by atoms with E-state index >= 15 is 0 Å². The van der Waals surface area contributed by atoms with Crippen LogP contribution in [-0.4, -0.2) is 35.9 Å². The lowest BCUT2D eigenvalue weighted by Crippen LogP contribution is -2.52. The summed E-state index contributed by atoms with van der Waals surface area (Å²) in [5, 5.41) is 0.607. The second-order valence-corrected chi connectivity index (χ2v) is 9.59. The summed E-state index contributed by atoms with van der Waals surface area (Å²) in [5.41, 5.74) is 8.52. The van der Waals surface area contributed by atoms with Crippen LogP contribution in [0, 0.1) is 5.92 Å². The van der Waals surface area contributed by atoms with Crippen LogP contribution >= 0.6 is 11.6 Å². The quantitative estimate of drug-likeness (QED) is 0.764. The van der Waals surface area contributed by atoms with Gasteiger partial charge in [0.1, 0.15) is 24.0 Å². The first-order chi connectivity index (χ1) is 15.1. The molecule has 3 heterocycles. The van der Waals surface area contributed by atoms with Crippen molar-refractivity contribution in [3.8, 4) is 16.9 Å². The molecule has 2 aliphatic carbocycles. The third-order valence-corrected chi connectivity index (χ3v) is 7.51. The Labute approximate surface area is 186 Å². The molecule has 7 heteroatoms. The van der Waals surface area contributed by atoms with Gasteiger partial charge in [-0.15, -0.1) is 0 Å². The number of benzene rings is 1. The fraction of sp³-hybridized carbons (Fsp3) is 0.500. The van der Waals surface area contributed by atoms with Crippen LogP contribution in [0.4, 0.5) is 0 Å². The molecule has 2 N–H and O–H groups in total. The molecular formula is C24H26ClN3O3. The van der Waals surface area contributed by atoms with Crippen molar-refractivity contribution in [3.63, 3.8) is 0 Å². The molecule has 0 amide bonds. The van der Waals surface area contributed by atoms with Crippen molar-refractivity contribution in [2.24, 2.45) is 16.6 Å². The largest absolute Gasteiger partial charge is 0.490 e. The molecule has 1 aromatic carbocycles.